The Morgan fingerprint density at radius 2 is 1.88 bits per heavy atom. The average Bonchev–Trinajstić information content (AvgIpc) is 3.54. The number of hydrogen-bond acceptors (Lipinski definition) is 2. The summed E-state index contributed by atoms with van der Waals surface area (Å²) in [7, 11) is 0. The van der Waals surface area contributed by atoms with Crippen LogP contribution in [0.2, 0.25) is 0 Å². The SMILES string of the molecule is C[C@@]12CCC[C@H]1[C@@H]1CC=C3N(C4CC4)C(=O)C(C(=O)Nc4ccccc4F)C[C@]3(C)[C@@H]1CC2. The Morgan fingerprint density at radius 3 is 2.64 bits per heavy atom. The van der Waals surface area contributed by atoms with Gasteiger partial charge in [-0.2, -0.15) is 0 Å². The Morgan fingerprint density at radius 1 is 1.09 bits per heavy atom. The van der Waals surface area contributed by atoms with E-state index in [2.05, 4.69) is 25.2 Å². The number of fused-ring (bicyclic) bond motifs is 5. The average molecular weight is 451 g/mol. The summed E-state index contributed by atoms with van der Waals surface area (Å²) in [6, 6.07) is 6.43. The monoisotopic (exact) mass is 450 g/mol. The van der Waals surface area contributed by atoms with Gasteiger partial charge in [0.15, 0.2) is 0 Å². The fraction of sp³-hybridized carbons (Fsp3) is 0.643. The smallest absolute Gasteiger partial charge is 0.239 e. The number of piperidine rings is 1. The summed E-state index contributed by atoms with van der Waals surface area (Å²) < 4.78 is 14.2. The normalized spacial score (nSPS) is 39.9. The molecule has 1 N–H and O–H groups in total. The summed E-state index contributed by atoms with van der Waals surface area (Å²) >= 11 is 0. The van der Waals surface area contributed by atoms with Crippen molar-refractivity contribution in [2.75, 3.05) is 5.32 Å². The highest BCUT2D eigenvalue weighted by Crippen LogP contribution is 2.65. The van der Waals surface area contributed by atoms with Crippen molar-refractivity contribution in [1.29, 1.82) is 0 Å². The van der Waals surface area contributed by atoms with Crippen LogP contribution in [0.25, 0.3) is 0 Å². The molecule has 1 saturated heterocycles. The molecule has 1 aromatic rings. The lowest BCUT2D eigenvalue weighted by Gasteiger charge is -2.59. The minimum Gasteiger partial charge on any atom is -0.323 e. The molecule has 4 aliphatic carbocycles. The molecule has 0 spiro atoms. The van der Waals surface area contributed by atoms with E-state index >= 15 is 0 Å². The van der Waals surface area contributed by atoms with Crippen LogP contribution in [0.3, 0.4) is 0 Å². The van der Waals surface area contributed by atoms with Crippen LogP contribution in [0, 0.1) is 40.3 Å². The summed E-state index contributed by atoms with van der Waals surface area (Å²) in [6.07, 6.45) is 12.4. The molecule has 1 aromatic carbocycles. The number of amides is 2. The Bertz CT molecular complexity index is 1030. The zero-order valence-corrected chi connectivity index (χ0v) is 19.8. The fourth-order valence-corrected chi connectivity index (χ4v) is 8.20. The standard InChI is InChI=1S/C28H35FN2O2/c1-27-14-5-6-20(27)18-11-12-24-28(2,21(18)13-15-27)16-19(26(33)31(24)17-9-10-17)25(32)30-23-8-4-3-7-22(23)29/h3-4,7-8,12,17-21H,5-6,9-11,13-16H2,1-2H3,(H,30,32)/t18-,19?,20-,21+,27-,28+/m0/s1. The summed E-state index contributed by atoms with van der Waals surface area (Å²) in [6.45, 7) is 4.81. The Hall–Kier alpha value is -2.17. The van der Waals surface area contributed by atoms with Gasteiger partial charge in [-0.3, -0.25) is 9.59 Å². The van der Waals surface area contributed by atoms with Gasteiger partial charge in [-0.25, -0.2) is 4.39 Å². The van der Waals surface area contributed by atoms with Crippen LogP contribution >= 0.6 is 0 Å². The third-order valence-electron chi connectivity index (χ3n) is 9.99. The van der Waals surface area contributed by atoms with E-state index < -0.39 is 11.7 Å². The maximum atomic E-state index is 14.2. The topological polar surface area (TPSA) is 49.4 Å². The van der Waals surface area contributed by atoms with Crippen molar-refractivity contribution in [3.63, 3.8) is 0 Å². The maximum Gasteiger partial charge on any atom is 0.239 e. The number of halogens is 1. The summed E-state index contributed by atoms with van der Waals surface area (Å²) in [4.78, 5) is 29.0. The zero-order valence-electron chi connectivity index (χ0n) is 19.8. The number of anilines is 1. The van der Waals surface area contributed by atoms with Gasteiger partial charge in [-0.15, -0.1) is 0 Å². The third kappa shape index (κ3) is 3.21. The quantitative estimate of drug-likeness (QED) is 0.583. The number of nitrogens with zero attached hydrogens (tertiary/aromatic N) is 1. The van der Waals surface area contributed by atoms with Crippen molar-refractivity contribution >= 4 is 17.5 Å². The first-order chi connectivity index (χ1) is 15.8. The second-order valence-corrected chi connectivity index (χ2v) is 11.9. The van der Waals surface area contributed by atoms with E-state index in [1.54, 1.807) is 18.2 Å². The van der Waals surface area contributed by atoms with E-state index in [0.29, 0.717) is 23.7 Å². The number of allylic oxidation sites excluding steroid dienone is 2. The van der Waals surface area contributed by atoms with Gasteiger partial charge < -0.3 is 10.2 Å². The van der Waals surface area contributed by atoms with E-state index in [9.17, 15) is 14.0 Å². The second-order valence-electron chi connectivity index (χ2n) is 11.9. The van der Waals surface area contributed by atoms with Crippen LogP contribution in [0.4, 0.5) is 10.1 Å². The molecule has 5 aliphatic rings. The Labute approximate surface area is 196 Å². The van der Waals surface area contributed by atoms with E-state index in [-0.39, 0.29) is 29.0 Å². The zero-order chi connectivity index (χ0) is 23.0. The number of para-hydroxylation sites is 1. The minimum atomic E-state index is -0.761. The van der Waals surface area contributed by atoms with Crippen molar-refractivity contribution in [3.05, 3.63) is 41.9 Å². The van der Waals surface area contributed by atoms with Crippen LogP contribution in [-0.4, -0.2) is 22.8 Å². The van der Waals surface area contributed by atoms with Gasteiger partial charge in [-0.05, 0) is 86.7 Å². The highest BCUT2D eigenvalue weighted by molar-refractivity contribution is 6.07. The first kappa shape index (κ1) is 21.4. The van der Waals surface area contributed by atoms with Gasteiger partial charge >= 0.3 is 0 Å². The molecule has 2 amide bonds. The number of nitrogens with one attached hydrogen (secondary N) is 1. The van der Waals surface area contributed by atoms with Gasteiger partial charge in [0.1, 0.15) is 11.7 Å². The highest BCUT2D eigenvalue weighted by Gasteiger charge is 2.60. The molecule has 4 fully saturated rings. The van der Waals surface area contributed by atoms with Gasteiger partial charge in [0.05, 0.1) is 5.69 Å². The van der Waals surface area contributed by atoms with Crippen LogP contribution in [-0.2, 0) is 9.59 Å². The molecule has 176 valence electrons. The molecule has 0 aromatic heterocycles. The number of hydrogen-bond donors (Lipinski definition) is 1. The highest BCUT2D eigenvalue weighted by atomic mass is 19.1. The molecule has 6 rings (SSSR count). The largest absolute Gasteiger partial charge is 0.323 e. The van der Waals surface area contributed by atoms with E-state index in [1.807, 2.05) is 4.90 Å². The lowest BCUT2D eigenvalue weighted by atomic mass is 9.49. The van der Waals surface area contributed by atoms with Gasteiger partial charge in [0.25, 0.3) is 0 Å². The molecule has 6 atom stereocenters. The van der Waals surface area contributed by atoms with Crippen molar-refractivity contribution in [3.8, 4) is 0 Å². The fourth-order valence-electron chi connectivity index (χ4n) is 8.20. The first-order valence-electron chi connectivity index (χ1n) is 12.9. The number of carbonyl (C=O) groups excluding carboxylic acids is 2. The molecule has 4 nitrogen and oxygen atoms in total. The number of benzene rings is 1. The number of likely N-dealkylation sites (tertiary alicyclic amines) is 1. The maximum absolute atomic E-state index is 14.2. The molecule has 5 heteroatoms. The summed E-state index contributed by atoms with van der Waals surface area (Å²) in [5, 5.41) is 2.74. The third-order valence-corrected chi connectivity index (χ3v) is 9.99. The van der Waals surface area contributed by atoms with Crippen LogP contribution in [0.15, 0.2) is 36.0 Å². The van der Waals surface area contributed by atoms with E-state index in [4.69, 9.17) is 0 Å². The summed E-state index contributed by atoms with van der Waals surface area (Å²) in [5.41, 5.74) is 1.62. The first-order valence-corrected chi connectivity index (χ1v) is 12.9. The van der Waals surface area contributed by atoms with Gasteiger partial charge in [-0.1, -0.05) is 38.5 Å². The van der Waals surface area contributed by atoms with Crippen molar-refractivity contribution in [1.82, 2.24) is 4.90 Å². The molecule has 1 unspecified atom stereocenters. The van der Waals surface area contributed by atoms with Crippen LogP contribution < -0.4 is 5.32 Å². The molecular formula is C28H35FN2O2. The number of rotatable bonds is 3. The van der Waals surface area contributed by atoms with Crippen molar-refractivity contribution < 1.29 is 14.0 Å². The molecular weight excluding hydrogens is 415 g/mol. The number of carbonyl (C=O) groups is 2. The summed E-state index contributed by atoms with van der Waals surface area (Å²) in [5.74, 6) is 0.225. The predicted octanol–water partition coefficient (Wildman–Crippen LogP) is 5.90. The van der Waals surface area contributed by atoms with Crippen LogP contribution in [0.1, 0.15) is 71.6 Å². The predicted molar refractivity (Wildman–Crippen MR) is 125 cm³/mol. The van der Waals surface area contributed by atoms with Gasteiger partial charge in [0, 0.05) is 17.2 Å². The van der Waals surface area contributed by atoms with E-state index in [0.717, 1.165) is 25.2 Å². The lowest BCUT2D eigenvalue weighted by molar-refractivity contribution is -0.149. The molecule has 3 saturated carbocycles. The second kappa shape index (κ2) is 7.41. The Kier molecular flexibility index (Phi) is 4.80. The van der Waals surface area contributed by atoms with Crippen molar-refractivity contribution in [2.24, 2.45) is 34.5 Å². The molecule has 0 bridgehead atoms. The lowest BCUT2D eigenvalue weighted by Crippen LogP contribution is -2.58. The minimum absolute atomic E-state index is 0.0879. The Balaban J connectivity index is 1.35. The molecule has 0 radical (unpaired) electrons. The van der Waals surface area contributed by atoms with Crippen molar-refractivity contribution in [2.45, 2.75) is 77.7 Å². The molecule has 1 aliphatic heterocycles. The molecule has 1 heterocycles. The van der Waals surface area contributed by atoms with Gasteiger partial charge in [0.2, 0.25) is 11.8 Å². The van der Waals surface area contributed by atoms with Crippen LogP contribution in [0.5, 0.6) is 0 Å². The van der Waals surface area contributed by atoms with E-state index in [1.165, 1.54) is 43.9 Å². The molecule has 33 heavy (non-hydrogen) atoms.